The number of rotatable bonds is 1. The molecule has 2 saturated carbocycles. The van der Waals surface area contributed by atoms with Crippen LogP contribution in [0.4, 0.5) is 0 Å². The van der Waals surface area contributed by atoms with E-state index in [4.69, 9.17) is 5.73 Å². The summed E-state index contributed by atoms with van der Waals surface area (Å²) >= 11 is 0. The standard InChI is InChI=1S/C12H23N3/c13-11-9-12(11)3-1-10(2-4-12)15-7-5-14-6-8-15/h10-11,14H,1-9,13H2. The maximum atomic E-state index is 6.03. The molecule has 2 aliphatic carbocycles. The van der Waals surface area contributed by atoms with Crippen molar-refractivity contribution in [2.24, 2.45) is 11.1 Å². The lowest BCUT2D eigenvalue weighted by atomic mass is 9.82. The molecule has 1 atom stereocenters. The summed E-state index contributed by atoms with van der Waals surface area (Å²) in [7, 11) is 0. The van der Waals surface area contributed by atoms with Gasteiger partial charge in [-0.15, -0.1) is 0 Å². The Bertz CT molecular complexity index is 227. The number of nitrogens with one attached hydrogen (secondary N) is 1. The predicted octanol–water partition coefficient (Wildman–Crippen LogP) is 0.552. The van der Waals surface area contributed by atoms with E-state index in [1.807, 2.05) is 0 Å². The van der Waals surface area contributed by atoms with Crippen LogP contribution in [0.2, 0.25) is 0 Å². The molecule has 86 valence electrons. The minimum atomic E-state index is 0.543. The van der Waals surface area contributed by atoms with Crippen LogP contribution in [-0.4, -0.2) is 43.2 Å². The third-order valence-corrected chi connectivity index (χ3v) is 4.87. The van der Waals surface area contributed by atoms with E-state index in [0.29, 0.717) is 11.5 Å². The summed E-state index contributed by atoms with van der Waals surface area (Å²) in [5.74, 6) is 0. The molecular weight excluding hydrogens is 186 g/mol. The van der Waals surface area contributed by atoms with Crippen LogP contribution in [0.3, 0.4) is 0 Å². The first-order valence-electron chi connectivity index (χ1n) is 6.51. The molecule has 0 radical (unpaired) electrons. The molecule has 3 nitrogen and oxygen atoms in total. The van der Waals surface area contributed by atoms with E-state index in [2.05, 4.69) is 10.2 Å². The third kappa shape index (κ3) is 1.81. The van der Waals surface area contributed by atoms with Crippen molar-refractivity contribution in [1.82, 2.24) is 10.2 Å². The average Bonchev–Trinajstić information content (AvgIpc) is 2.91. The van der Waals surface area contributed by atoms with Crippen molar-refractivity contribution < 1.29 is 0 Å². The zero-order valence-corrected chi connectivity index (χ0v) is 9.54. The first-order chi connectivity index (χ1) is 7.30. The minimum Gasteiger partial charge on any atom is -0.327 e. The molecule has 1 saturated heterocycles. The Morgan fingerprint density at radius 2 is 1.73 bits per heavy atom. The van der Waals surface area contributed by atoms with Gasteiger partial charge >= 0.3 is 0 Å². The Morgan fingerprint density at radius 3 is 2.27 bits per heavy atom. The van der Waals surface area contributed by atoms with Gasteiger partial charge in [0.15, 0.2) is 0 Å². The van der Waals surface area contributed by atoms with E-state index in [1.165, 1.54) is 58.3 Å². The van der Waals surface area contributed by atoms with E-state index >= 15 is 0 Å². The van der Waals surface area contributed by atoms with Gasteiger partial charge in [-0.05, 0) is 37.5 Å². The smallest absolute Gasteiger partial charge is 0.0110 e. The molecule has 3 heteroatoms. The van der Waals surface area contributed by atoms with Crippen LogP contribution in [0, 0.1) is 5.41 Å². The molecule has 0 bridgehead atoms. The summed E-state index contributed by atoms with van der Waals surface area (Å²) in [6.45, 7) is 4.87. The molecule has 15 heavy (non-hydrogen) atoms. The molecule has 1 aliphatic heterocycles. The minimum absolute atomic E-state index is 0.543. The van der Waals surface area contributed by atoms with E-state index < -0.39 is 0 Å². The van der Waals surface area contributed by atoms with Gasteiger partial charge in [-0.1, -0.05) is 0 Å². The Balaban J connectivity index is 1.53. The summed E-state index contributed by atoms with van der Waals surface area (Å²) in [5, 5.41) is 3.43. The number of hydrogen-bond acceptors (Lipinski definition) is 3. The van der Waals surface area contributed by atoms with Crippen LogP contribution in [0.5, 0.6) is 0 Å². The first-order valence-corrected chi connectivity index (χ1v) is 6.51. The Kier molecular flexibility index (Phi) is 2.49. The topological polar surface area (TPSA) is 41.3 Å². The fourth-order valence-electron chi connectivity index (χ4n) is 3.54. The number of hydrogen-bond donors (Lipinski definition) is 2. The number of piperazine rings is 1. The SMILES string of the molecule is NC1CC12CCC(N1CCNCC1)CC2. The van der Waals surface area contributed by atoms with Crippen molar-refractivity contribution in [2.75, 3.05) is 26.2 Å². The lowest BCUT2D eigenvalue weighted by molar-refractivity contribution is 0.115. The third-order valence-electron chi connectivity index (χ3n) is 4.87. The average molecular weight is 209 g/mol. The van der Waals surface area contributed by atoms with E-state index in [9.17, 15) is 0 Å². The van der Waals surface area contributed by atoms with Crippen LogP contribution in [0.15, 0.2) is 0 Å². The Hall–Kier alpha value is -0.120. The molecule has 3 fully saturated rings. The quantitative estimate of drug-likeness (QED) is 0.663. The van der Waals surface area contributed by atoms with E-state index in [0.717, 1.165) is 6.04 Å². The fraction of sp³-hybridized carbons (Fsp3) is 1.00. The fourth-order valence-corrected chi connectivity index (χ4v) is 3.54. The van der Waals surface area contributed by atoms with Crippen molar-refractivity contribution in [3.8, 4) is 0 Å². The van der Waals surface area contributed by atoms with Crippen molar-refractivity contribution in [2.45, 2.75) is 44.2 Å². The van der Waals surface area contributed by atoms with Crippen LogP contribution in [-0.2, 0) is 0 Å². The molecule has 3 rings (SSSR count). The normalized spacial score (nSPS) is 47.0. The molecule has 3 N–H and O–H groups in total. The Labute approximate surface area is 92.4 Å². The highest BCUT2D eigenvalue weighted by molar-refractivity contribution is 5.08. The van der Waals surface area contributed by atoms with Crippen molar-refractivity contribution in [1.29, 1.82) is 0 Å². The van der Waals surface area contributed by atoms with Crippen molar-refractivity contribution in [3.05, 3.63) is 0 Å². The summed E-state index contributed by atoms with van der Waals surface area (Å²) in [6, 6.07) is 1.41. The van der Waals surface area contributed by atoms with Crippen LogP contribution in [0.25, 0.3) is 0 Å². The second kappa shape index (κ2) is 3.72. The molecule has 0 aromatic rings. The largest absolute Gasteiger partial charge is 0.327 e. The molecule has 0 aromatic carbocycles. The van der Waals surface area contributed by atoms with E-state index in [-0.39, 0.29) is 0 Å². The maximum Gasteiger partial charge on any atom is 0.0110 e. The highest BCUT2D eigenvalue weighted by Crippen LogP contribution is 2.55. The van der Waals surface area contributed by atoms with Gasteiger partial charge in [-0.3, -0.25) is 4.90 Å². The molecule has 3 aliphatic rings. The van der Waals surface area contributed by atoms with Gasteiger partial charge in [0.25, 0.3) is 0 Å². The predicted molar refractivity (Wildman–Crippen MR) is 61.7 cm³/mol. The van der Waals surface area contributed by atoms with Crippen molar-refractivity contribution >= 4 is 0 Å². The van der Waals surface area contributed by atoms with Crippen LogP contribution < -0.4 is 11.1 Å². The molecule has 1 unspecified atom stereocenters. The number of nitrogens with zero attached hydrogens (tertiary/aromatic N) is 1. The van der Waals surface area contributed by atoms with Crippen LogP contribution in [0.1, 0.15) is 32.1 Å². The second-order valence-corrected chi connectivity index (χ2v) is 5.69. The van der Waals surface area contributed by atoms with Gasteiger partial charge in [0.1, 0.15) is 0 Å². The summed E-state index contributed by atoms with van der Waals surface area (Å²) < 4.78 is 0. The monoisotopic (exact) mass is 209 g/mol. The molecule has 0 amide bonds. The van der Waals surface area contributed by atoms with Gasteiger partial charge in [0, 0.05) is 38.3 Å². The summed E-state index contributed by atoms with van der Waals surface area (Å²) in [5.41, 5.74) is 6.63. The molecule has 1 heterocycles. The van der Waals surface area contributed by atoms with Gasteiger partial charge in [0.2, 0.25) is 0 Å². The summed E-state index contributed by atoms with van der Waals surface area (Å²) in [6.07, 6.45) is 6.88. The zero-order valence-electron chi connectivity index (χ0n) is 9.54. The highest BCUT2D eigenvalue weighted by atomic mass is 15.2. The van der Waals surface area contributed by atoms with Gasteiger partial charge in [-0.2, -0.15) is 0 Å². The molecule has 0 aromatic heterocycles. The maximum absolute atomic E-state index is 6.03. The molecule has 1 spiro atoms. The number of nitrogens with two attached hydrogens (primary N) is 1. The van der Waals surface area contributed by atoms with Gasteiger partial charge < -0.3 is 11.1 Å². The molecular formula is C12H23N3. The van der Waals surface area contributed by atoms with Gasteiger partial charge in [-0.25, -0.2) is 0 Å². The van der Waals surface area contributed by atoms with Gasteiger partial charge in [0.05, 0.1) is 0 Å². The summed E-state index contributed by atoms with van der Waals surface area (Å²) in [4.78, 5) is 2.69. The Morgan fingerprint density at radius 1 is 1.13 bits per heavy atom. The van der Waals surface area contributed by atoms with Crippen LogP contribution >= 0.6 is 0 Å². The van der Waals surface area contributed by atoms with E-state index in [1.54, 1.807) is 0 Å². The lowest BCUT2D eigenvalue weighted by Gasteiger charge is -2.39. The second-order valence-electron chi connectivity index (χ2n) is 5.69. The zero-order chi connectivity index (χ0) is 10.3. The first kappa shape index (κ1) is 10.1. The lowest BCUT2D eigenvalue weighted by Crippen LogP contribution is -2.49. The van der Waals surface area contributed by atoms with Crippen molar-refractivity contribution in [3.63, 3.8) is 0 Å². The highest BCUT2D eigenvalue weighted by Gasteiger charge is 2.53.